The Labute approximate surface area is 236 Å². The van der Waals surface area contributed by atoms with Crippen LogP contribution in [-0.2, 0) is 24.5 Å². The summed E-state index contributed by atoms with van der Waals surface area (Å²) in [4.78, 5) is 24.1. The van der Waals surface area contributed by atoms with Crippen molar-refractivity contribution in [1.82, 2.24) is 9.31 Å². The Hall–Kier alpha value is -2.29. The Kier molecular flexibility index (Phi) is 11.5. The van der Waals surface area contributed by atoms with Crippen LogP contribution in [0.2, 0.25) is 0 Å². The lowest BCUT2D eigenvalue weighted by molar-refractivity contribution is -0.124. The average molecular weight is 612 g/mol. The molecule has 0 N–H and O–H groups in total. The fraction of sp³-hybridized carbons (Fsp3) is 0.391. The molecule has 0 unspecified atom stereocenters. The van der Waals surface area contributed by atoms with Crippen molar-refractivity contribution in [3.63, 3.8) is 0 Å². The monoisotopic (exact) mass is 610 g/mol. The van der Waals surface area contributed by atoms with E-state index in [0.717, 1.165) is 19.1 Å². The van der Waals surface area contributed by atoms with E-state index in [2.05, 4.69) is 0 Å². The molecule has 1 saturated heterocycles. The fourth-order valence-corrected chi connectivity index (χ4v) is 6.14. The van der Waals surface area contributed by atoms with Gasteiger partial charge in [-0.2, -0.15) is 20.8 Å². The van der Waals surface area contributed by atoms with Crippen molar-refractivity contribution in [1.29, 1.82) is 0 Å². The summed E-state index contributed by atoms with van der Waals surface area (Å²) in [5.74, 6) is -0.302. The van der Waals surface area contributed by atoms with E-state index in [4.69, 9.17) is 32.7 Å². The number of para-hydroxylation sites is 2. The largest absolute Gasteiger partial charge is 0.446 e. The maximum Gasteiger partial charge on any atom is 0.429 e. The van der Waals surface area contributed by atoms with Crippen LogP contribution in [0, 0.1) is 13.8 Å². The van der Waals surface area contributed by atoms with Gasteiger partial charge in [-0.3, -0.25) is 4.79 Å². The van der Waals surface area contributed by atoms with E-state index in [1.54, 1.807) is 18.2 Å². The van der Waals surface area contributed by atoms with Crippen molar-refractivity contribution >= 4 is 68.7 Å². The number of hydrazine groups is 1. The number of hydrogen-bond donors (Lipinski definition) is 0. The number of amides is 2. The Morgan fingerprint density at radius 2 is 1.71 bits per heavy atom. The third-order valence-electron chi connectivity index (χ3n) is 4.96. The summed E-state index contributed by atoms with van der Waals surface area (Å²) in [5, 5.41) is 2.68. The maximum absolute atomic E-state index is 13.3. The highest BCUT2D eigenvalue weighted by Gasteiger charge is 2.36. The molecule has 0 radical (unpaired) electrons. The van der Waals surface area contributed by atoms with Gasteiger partial charge in [0.05, 0.1) is 17.9 Å². The summed E-state index contributed by atoms with van der Waals surface area (Å²) < 4.78 is 46.2. The van der Waals surface area contributed by atoms with E-state index in [-0.39, 0.29) is 36.8 Å². The number of carbonyl (C=O) groups excluding carboxylic acids is 2. The number of nitrogens with zero attached hydrogens (tertiary/aromatic N) is 4. The van der Waals surface area contributed by atoms with Crippen molar-refractivity contribution in [2.45, 2.75) is 17.8 Å². The number of halogens is 3. The molecule has 1 aliphatic rings. The van der Waals surface area contributed by atoms with Crippen LogP contribution in [0.5, 0.6) is 0 Å². The quantitative estimate of drug-likeness (QED) is 0.301. The number of aryl methyl sites for hydroxylation is 2. The van der Waals surface area contributed by atoms with Gasteiger partial charge in [0.2, 0.25) is 0 Å². The van der Waals surface area contributed by atoms with Crippen molar-refractivity contribution < 1.29 is 31.9 Å². The molecule has 10 nitrogen and oxygen atoms in total. The van der Waals surface area contributed by atoms with Crippen molar-refractivity contribution in [3.8, 4) is 0 Å². The Bertz CT molecular complexity index is 1200. The van der Waals surface area contributed by atoms with Gasteiger partial charge in [-0.1, -0.05) is 59.6 Å². The second-order valence-electron chi connectivity index (χ2n) is 8.01. The second kappa shape index (κ2) is 13.7. The normalized spacial score (nSPS) is 13.6. The summed E-state index contributed by atoms with van der Waals surface area (Å²) in [6, 6.07) is 13.7. The van der Waals surface area contributed by atoms with E-state index in [0.29, 0.717) is 12.2 Å². The van der Waals surface area contributed by atoms with Gasteiger partial charge in [0.1, 0.15) is 13.2 Å². The van der Waals surface area contributed by atoms with Gasteiger partial charge in [0.25, 0.3) is 5.91 Å². The van der Waals surface area contributed by atoms with Crippen LogP contribution in [0.3, 0.4) is 0 Å². The molecule has 2 amide bonds. The molecule has 38 heavy (non-hydrogen) atoms. The van der Waals surface area contributed by atoms with E-state index >= 15 is 0 Å². The Morgan fingerprint density at radius 3 is 2.16 bits per heavy atom. The Morgan fingerprint density at radius 1 is 1.13 bits per heavy atom. The minimum Gasteiger partial charge on any atom is -0.446 e. The number of benzene rings is 2. The minimum absolute atomic E-state index is 0.0996. The smallest absolute Gasteiger partial charge is 0.429 e. The predicted octanol–water partition coefficient (Wildman–Crippen LogP) is 4.66. The van der Waals surface area contributed by atoms with Crippen molar-refractivity contribution in [3.05, 3.63) is 59.7 Å². The molecule has 2 aromatic rings. The third-order valence-corrected chi connectivity index (χ3v) is 8.30. The lowest BCUT2D eigenvalue weighted by Gasteiger charge is -2.31. The Balaban J connectivity index is 0.000000269. The van der Waals surface area contributed by atoms with Crippen LogP contribution in [0.1, 0.15) is 11.1 Å². The molecular weight excluding hydrogens is 582 g/mol. The number of anilines is 2. The van der Waals surface area contributed by atoms with Gasteiger partial charge < -0.3 is 9.47 Å². The first-order chi connectivity index (χ1) is 17.7. The molecule has 3 rings (SSSR count). The molecule has 2 aromatic carbocycles. The molecule has 1 heterocycles. The highest BCUT2D eigenvalue weighted by Crippen LogP contribution is 2.42. The number of ether oxygens (including phenoxy) is 2. The summed E-state index contributed by atoms with van der Waals surface area (Å²) in [7, 11) is 0.198. The summed E-state index contributed by atoms with van der Waals surface area (Å²) in [5.41, 5.74) is 2.77. The first kappa shape index (κ1) is 31.9. The highest BCUT2D eigenvalue weighted by molar-refractivity contribution is 8.15. The van der Waals surface area contributed by atoms with Gasteiger partial charge >= 0.3 is 20.2 Å². The number of alkyl halides is 3. The molecule has 0 aromatic heterocycles. The van der Waals surface area contributed by atoms with E-state index in [1.807, 2.05) is 32.0 Å². The first-order valence-corrected chi connectivity index (χ1v) is 14.0. The molecule has 210 valence electrons. The maximum atomic E-state index is 13.3. The molecular formula is C23H29Cl2FN4O6S2. The average Bonchev–Trinajstić information content (AvgIpc) is 3.25. The minimum atomic E-state index is -3.90. The standard InChI is InChI=1S/C14H18N2O4.C9H11Cl2FN2O2S2/c1-10-5-4-6-11(2)13(10)16(12(17)9-19-3)15-7-8-20-14(15)18;1-13(2)18(15,16)14(17-9(10,11)12)8-6-4-3-5-7-8/h4-6H,7-9H2,1-3H3;3-7H,1-2H3. The first-order valence-electron chi connectivity index (χ1n) is 11.1. The van der Waals surface area contributed by atoms with Crippen LogP contribution in [0.4, 0.5) is 20.6 Å². The molecule has 0 saturated carbocycles. The van der Waals surface area contributed by atoms with Crippen LogP contribution >= 0.6 is 35.1 Å². The van der Waals surface area contributed by atoms with Crippen molar-refractivity contribution in [2.75, 3.05) is 49.7 Å². The summed E-state index contributed by atoms with van der Waals surface area (Å²) in [6.07, 6.45) is -0.517. The molecule has 0 atom stereocenters. The van der Waals surface area contributed by atoms with E-state index < -0.39 is 20.2 Å². The molecule has 1 fully saturated rings. The van der Waals surface area contributed by atoms with Gasteiger partial charge in [-0.25, -0.2) is 14.8 Å². The van der Waals surface area contributed by atoms with Gasteiger partial charge in [-0.15, -0.1) is 0 Å². The summed E-state index contributed by atoms with van der Waals surface area (Å²) >= 11 is 10.6. The van der Waals surface area contributed by atoms with Crippen LogP contribution in [0.25, 0.3) is 0 Å². The lowest BCUT2D eigenvalue weighted by Crippen LogP contribution is -2.49. The zero-order valence-corrected chi connectivity index (χ0v) is 24.6. The zero-order chi connectivity index (χ0) is 28.7. The van der Waals surface area contributed by atoms with E-state index in [9.17, 15) is 22.4 Å². The second-order valence-corrected chi connectivity index (χ2v) is 13.0. The number of hydrogen-bond acceptors (Lipinski definition) is 7. The topological polar surface area (TPSA) is 99.7 Å². The lowest BCUT2D eigenvalue weighted by atomic mass is 10.1. The number of methoxy groups -OCH3 is 1. The van der Waals surface area contributed by atoms with E-state index in [1.165, 1.54) is 43.4 Å². The fourth-order valence-electron chi connectivity index (χ4n) is 3.30. The SMILES string of the molecule is CN(C)S(=O)(=O)N(SC(F)(Cl)Cl)c1ccccc1.COCC(=O)N(c1c(C)cccc1C)N1CCOC1=O. The molecule has 0 aliphatic carbocycles. The molecule has 15 heteroatoms. The van der Waals surface area contributed by atoms with Crippen LogP contribution in [0.15, 0.2) is 48.5 Å². The van der Waals surface area contributed by atoms with Gasteiger partial charge in [0.15, 0.2) is 0 Å². The van der Waals surface area contributed by atoms with Gasteiger partial charge in [0, 0.05) is 33.2 Å². The predicted molar refractivity (Wildman–Crippen MR) is 148 cm³/mol. The van der Waals surface area contributed by atoms with Crippen LogP contribution < -0.4 is 8.72 Å². The summed E-state index contributed by atoms with van der Waals surface area (Å²) in [6.45, 7) is 4.33. The number of carbonyl (C=O) groups is 2. The molecule has 0 spiro atoms. The van der Waals surface area contributed by atoms with Crippen LogP contribution in [-0.4, -0.2) is 74.6 Å². The highest BCUT2D eigenvalue weighted by atomic mass is 35.5. The molecule has 1 aliphatic heterocycles. The number of cyclic esters (lactones) is 1. The zero-order valence-electron chi connectivity index (χ0n) is 21.4. The molecule has 0 bridgehead atoms. The van der Waals surface area contributed by atoms with Crippen molar-refractivity contribution in [2.24, 2.45) is 0 Å². The number of rotatable bonds is 9. The third kappa shape index (κ3) is 8.35. The van der Waals surface area contributed by atoms with Gasteiger partial charge in [-0.05, 0) is 37.1 Å².